The van der Waals surface area contributed by atoms with E-state index < -0.39 is 0 Å². The number of para-hydroxylation sites is 1. The van der Waals surface area contributed by atoms with Crippen LogP contribution in [0.15, 0.2) is 24.3 Å². The van der Waals surface area contributed by atoms with Gasteiger partial charge in [0.05, 0.1) is 6.04 Å². The van der Waals surface area contributed by atoms with Crippen molar-refractivity contribution in [2.45, 2.75) is 6.04 Å². The number of aromatic amines is 1. The van der Waals surface area contributed by atoms with Crippen molar-refractivity contribution in [3.8, 4) is 5.75 Å². The number of anilines is 2. The summed E-state index contributed by atoms with van der Waals surface area (Å²) in [6, 6.07) is 7.98. The van der Waals surface area contributed by atoms with Gasteiger partial charge in [0.2, 0.25) is 11.9 Å². The predicted octanol–water partition coefficient (Wildman–Crippen LogP) is 0.933. The normalized spacial score (nSPS) is 17.9. The summed E-state index contributed by atoms with van der Waals surface area (Å²) in [6.45, 7) is 0.577. The molecule has 6 nitrogen and oxygen atoms in total. The summed E-state index contributed by atoms with van der Waals surface area (Å²) in [5.41, 5.74) is 6.56. The van der Waals surface area contributed by atoms with Crippen LogP contribution in [0.3, 0.4) is 0 Å². The maximum atomic E-state index is 5.53. The molecule has 1 unspecified atom stereocenters. The van der Waals surface area contributed by atoms with E-state index in [1.165, 1.54) is 0 Å². The van der Waals surface area contributed by atoms with E-state index in [1.807, 2.05) is 24.3 Å². The molecule has 3 rings (SSSR count). The van der Waals surface area contributed by atoms with Gasteiger partial charge in [-0.2, -0.15) is 4.98 Å². The Morgan fingerprint density at radius 1 is 1.44 bits per heavy atom. The summed E-state index contributed by atoms with van der Waals surface area (Å²) in [6.07, 6.45) is 0. The van der Waals surface area contributed by atoms with Crippen molar-refractivity contribution >= 4 is 11.9 Å². The molecule has 1 aliphatic rings. The summed E-state index contributed by atoms with van der Waals surface area (Å²) in [7, 11) is 0. The second-order valence-electron chi connectivity index (χ2n) is 3.59. The third-order valence-corrected chi connectivity index (χ3v) is 2.51. The summed E-state index contributed by atoms with van der Waals surface area (Å²) >= 11 is 0. The van der Waals surface area contributed by atoms with Crippen molar-refractivity contribution in [2.75, 3.05) is 17.7 Å². The van der Waals surface area contributed by atoms with Crippen LogP contribution in [0.5, 0.6) is 5.75 Å². The van der Waals surface area contributed by atoms with Gasteiger partial charge in [-0.3, -0.25) is 0 Å². The second-order valence-corrected chi connectivity index (χ2v) is 3.59. The number of hydrogen-bond donors (Lipinski definition) is 3. The SMILES string of the molecule is Nc1nc(NC2COc3ccccc32)n[nH]1. The van der Waals surface area contributed by atoms with Crippen molar-refractivity contribution in [1.82, 2.24) is 15.2 Å². The number of rotatable bonds is 2. The minimum absolute atomic E-state index is 0.0754. The van der Waals surface area contributed by atoms with Crippen molar-refractivity contribution in [1.29, 1.82) is 0 Å². The van der Waals surface area contributed by atoms with Gasteiger partial charge < -0.3 is 15.8 Å². The average molecular weight is 217 g/mol. The first-order chi connectivity index (χ1) is 7.83. The number of hydrogen-bond acceptors (Lipinski definition) is 5. The molecule has 0 fully saturated rings. The Balaban J connectivity index is 1.83. The zero-order valence-electron chi connectivity index (χ0n) is 8.47. The first-order valence-electron chi connectivity index (χ1n) is 4.99. The summed E-state index contributed by atoms with van der Waals surface area (Å²) < 4.78 is 5.53. The lowest BCUT2D eigenvalue weighted by molar-refractivity contribution is 0.339. The Labute approximate surface area is 91.8 Å². The number of fused-ring (bicyclic) bond motifs is 1. The van der Waals surface area contributed by atoms with Gasteiger partial charge in [0.15, 0.2) is 0 Å². The fourth-order valence-corrected chi connectivity index (χ4v) is 1.78. The zero-order chi connectivity index (χ0) is 11.0. The highest BCUT2D eigenvalue weighted by Crippen LogP contribution is 2.33. The highest BCUT2D eigenvalue weighted by atomic mass is 16.5. The van der Waals surface area contributed by atoms with Crippen LogP contribution in [0.2, 0.25) is 0 Å². The number of H-pyrrole nitrogens is 1. The fourth-order valence-electron chi connectivity index (χ4n) is 1.78. The number of benzene rings is 1. The number of nitrogens with two attached hydrogens (primary N) is 1. The molecule has 82 valence electrons. The second kappa shape index (κ2) is 3.41. The molecule has 0 saturated carbocycles. The Bertz CT molecular complexity index is 509. The largest absolute Gasteiger partial charge is 0.491 e. The molecule has 1 atom stereocenters. The molecule has 1 aromatic carbocycles. The van der Waals surface area contributed by atoms with E-state index in [9.17, 15) is 0 Å². The van der Waals surface area contributed by atoms with E-state index >= 15 is 0 Å². The Hall–Kier alpha value is -2.24. The Kier molecular flexibility index (Phi) is 1.92. The minimum atomic E-state index is 0.0754. The minimum Gasteiger partial charge on any atom is -0.491 e. The number of nitrogen functional groups attached to an aromatic ring is 1. The maximum absolute atomic E-state index is 5.53. The van der Waals surface area contributed by atoms with E-state index in [2.05, 4.69) is 20.5 Å². The molecular weight excluding hydrogens is 206 g/mol. The molecule has 16 heavy (non-hydrogen) atoms. The highest BCUT2D eigenvalue weighted by Gasteiger charge is 2.24. The summed E-state index contributed by atoms with van der Waals surface area (Å²) in [5.74, 6) is 1.70. The van der Waals surface area contributed by atoms with Crippen LogP contribution >= 0.6 is 0 Å². The lowest BCUT2D eigenvalue weighted by atomic mass is 10.1. The molecule has 0 spiro atoms. The first-order valence-corrected chi connectivity index (χ1v) is 4.99. The van der Waals surface area contributed by atoms with Crippen LogP contribution in [0, 0.1) is 0 Å². The standard InChI is InChI=1S/C10H11N5O/c11-9-13-10(15-14-9)12-7-5-16-8-4-2-1-3-6(7)8/h1-4,7H,5H2,(H4,11,12,13,14,15). The third-order valence-electron chi connectivity index (χ3n) is 2.51. The van der Waals surface area contributed by atoms with Crippen molar-refractivity contribution in [3.05, 3.63) is 29.8 Å². The van der Waals surface area contributed by atoms with E-state index in [4.69, 9.17) is 10.5 Å². The van der Waals surface area contributed by atoms with Crippen LogP contribution in [0.4, 0.5) is 11.9 Å². The van der Waals surface area contributed by atoms with E-state index in [1.54, 1.807) is 0 Å². The van der Waals surface area contributed by atoms with Crippen molar-refractivity contribution in [2.24, 2.45) is 0 Å². The molecule has 2 heterocycles. The smallest absolute Gasteiger partial charge is 0.244 e. The van der Waals surface area contributed by atoms with Crippen LogP contribution < -0.4 is 15.8 Å². The number of nitrogens with one attached hydrogen (secondary N) is 2. The topological polar surface area (TPSA) is 88.8 Å². The monoisotopic (exact) mass is 217 g/mol. The van der Waals surface area contributed by atoms with Gasteiger partial charge in [-0.15, -0.1) is 5.10 Å². The van der Waals surface area contributed by atoms with Crippen LogP contribution in [-0.2, 0) is 0 Å². The third kappa shape index (κ3) is 1.44. The van der Waals surface area contributed by atoms with Crippen molar-refractivity contribution < 1.29 is 4.74 Å². The predicted molar refractivity (Wildman–Crippen MR) is 59.1 cm³/mol. The fraction of sp³-hybridized carbons (Fsp3) is 0.200. The first kappa shape index (κ1) is 9.02. The van der Waals surface area contributed by atoms with Gasteiger partial charge in [0, 0.05) is 5.56 Å². The van der Waals surface area contributed by atoms with Crippen molar-refractivity contribution in [3.63, 3.8) is 0 Å². The highest BCUT2D eigenvalue weighted by molar-refractivity contribution is 5.44. The summed E-state index contributed by atoms with van der Waals surface area (Å²) in [4.78, 5) is 3.99. The lowest BCUT2D eigenvalue weighted by Crippen LogP contribution is -2.12. The zero-order valence-corrected chi connectivity index (χ0v) is 8.47. The van der Waals surface area contributed by atoms with E-state index in [0.717, 1.165) is 11.3 Å². The quantitative estimate of drug-likeness (QED) is 0.696. The number of aromatic nitrogens is 3. The molecule has 0 amide bonds. The molecule has 0 radical (unpaired) electrons. The van der Waals surface area contributed by atoms with E-state index in [0.29, 0.717) is 18.5 Å². The van der Waals surface area contributed by atoms with Crippen LogP contribution in [0.25, 0.3) is 0 Å². The van der Waals surface area contributed by atoms with Gasteiger partial charge in [-0.25, -0.2) is 5.10 Å². The molecule has 1 aliphatic heterocycles. The molecular formula is C10H11N5O. The Morgan fingerprint density at radius 2 is 2.31 bits per heavy atom. The molecule has 0 saturated heterocycles. The van der Waals surface area contributed by atoms with Gasteiger partial charge in [-0.1, -0.05) is 18.2 Å². The molecule has 2 aromatic rings. The van der Waals surface area contributed by atoms with Gasteiger partial charge in [-0.05, 0) is 6.07 Å². The molecule has 0 aliphatic carbocycles. The molecule has 4 N–H and O–H groups in total. The van der Waals surface area contributed by atoms with Crippen LogP contribution in [-0.4, -0.2) is 21.8 Å². The van der Waals surface area contributed by atoms with Gasteiger partial charge >= 0.3 is 0 Å². The number of ether oxygens (including phenoxy) is 1. The number of nitrogens with zero attached hydrogens (tertiary/aromatic N) is 2. The summed E-state index contributed by atoms with van der Waals surface area (Å²) in [5, 5.41) is 9.66. The van der Waals surface area contributed by atoms with Gasteiger partial charge in [0.1, 0.15) is 12.4 Å². The maximum Gasteiger partial charge on any atom is 0.244 e. The molecule has 1 aromatic heterocycles. The Morgan fingerprint density at radius 3 is 3.12 bits per heavy atom. The molecule has 6 heteroatoms. The van der Waals surface area contributed by atoms with Crippen LogP contribution in [0.1, 0.15) is 11.6 Å². The lowest BCUT2D eigenvalue weighted by Gasteiger charge is -2.08. The molecule has 0 bridgehead atoms. The van der Waals surface area contributed by atoms with Gasteiger partial charge in [0.25, 0.3) is 0 Å². The van der Waals surface area contributed by atoms with E-state index in [-0.39, 0.29) is 6.04 Å². The average Bonchev–Trinajstić information content (AvgIpc) is 2.87.